The minimum atomic E-state index is -4.90. The van der Waals surface area contributed by atoms with E-state index in [0.717, 1.165) is 30.0 Å². The van der Waals surface area contributed by atoms with Crippen LogP contribution in [0, 0.1) is 5.92 Å². The molecule has 0 aromatic carbocycles. The maximum Gasteiger partial charge on any atom is 0.522 e. The molecule has 3 atom stereocenters. The highest BCUT2D eigenvalue weighted by molar-refractivity contribution is 5.73. The number of hydrogen-bond acceptors (Lipinski definition) is 7. The fraction of sp³-hybridized carbons (Fsp3) is 0.565. The molecule has 0 unspecified atom stereocenters. The third kappa shape index (κ3) is 5.08. The number of anilines is 2. The van der Waals surface area contributed by atoms with Crippen molar-refractivity contribution >= 4 is 23.2 Å². The number of aromatic amines is 1. The molecule has 3 aromatic heterocycles. The average molecular weight is 559 g/mol. The smallest absolute Gasteiger partial charge is 0.443 e. The van der Waals surface area contributed by atoms with Crippen LogP contribution in [0.5, 0.6) is 0 Å². The van der Waals surface area contributed by atoms with Crippen LogP contribution in [-0.4, -0.2) is 55.1 Å². The number of carbonyl (C=O) groups excluding carboxylic acids is 1. The summed E-state index contributed by atoms with van der Waals surface area (Å²) in [6.07, 6.45) is -6.53. The van der Waals surface area contributed by atoms with Crippen molar-refractivity contribution in [1.82, 2.24) is 30.1 Å². The van der Waals surface area contributed by atoms with E-state index in [-0.39, 0.29) is 28.4 Å². The number of nitrogens with zero attached hydrogens (tertiary/aromatic N) is 4. The number of amides is 1. The maximum absolute atomic E-state index is 15.2. The number of halogens is 6. The number of rotatable bonds is 8. The minimum absolute atomic E-state index is 0.0946. The number of alkyl halides is 6. The number of ether oxygens (including phenoxy) is 2. The Hall–Kier alpha value is -3.56. The van der Waals surface area contributed by atoms with Crippen molar-refractivity contribution in [2.75, 3.05) is 5.32 Å². The molecule has 3 N–H and O–H groups in total. The summed E-state index contributed by atoms with van der Waals surface area (Å²) in [4.78, 5) is 16.1. The Morgan fingerprint density at radius 2 is 2.00 bits per heavy atom. The predicted octanol–water partition coefficient (Wildman–Crippen LogP) is 5.03. The summed E-state index contributed by atoms with van der Waals surface area (Å²) in [5, 5.41) is 16.2. The number of H-pyrrole nitrogens is 1. The largest absolute Gasteiger partial charge is 0.522 e. The van der Waals surface area contributed by atoms with Crippen molar-refractivity contribution in [3.63, 3.8) is 0 Å². The van der Waals surface area contributed by atoms with Crippen LogP contribution in [0.25, 0.3) is 5.52 Å². The Labute approximate surface area is 216 Å². The zero-order chi connectivity index (χ0) is 27.5. The van der Waals surface area contributed by atoms with Crippen molar-refractivity contribution in [2.45, 2.75) is 75.2 Å². The number of fused-ring (bicyclic) bond motifs is 1. The molecule has 16 heteroatoms. The highest BCUT2D eigenvalue weighted by Gasteiger charge is 2.58. The number of carbonyl (C=O) groups is 1. The first-order chi connectivity index (χ1) is 18.5. The Kier molecular flexibility index (Phi) is 6.11. The van der Waals surface area contributed by atoms with Crippen molar-refractivity contribution in [2.24, 2.45) is 5.92 Å². The number of aromatic nitrogens is 5. The second-order valence-electron chi connectivity index (χ2n) is 10.3. The Morgan fingerprint density at radius 3 is 2.67 bits per heavy atom. The first kappa shape index (κ1) is 25.7. The van der Waals surface area contributed by atoms with Gasteiger partial charge in [-0.3, -0.25) is 9.84 Å². The van der Waals surface area contributed by atoms with Gasteiger partial charge in [-0.1, -0.05) is 0 Å². The molecular weight excluding hydrogens is 536 g/mol. The summed E-state index contributed by atoms with van der Waals surface area (Å²) in [5.74, 6) is -0.0200. The van der Waals surface area contributed by atoms with Crippen LogP contribution in [0.2, 0.25) is 0 Å². The Bertz CT molecular complexity index is 1380. The van der Waals surface area contributed by atoms with Crippen LogP contribution >= 0.6 is 0 Å². The lowest BCUT2D eigenvalue weighted by molar-refractivity contribution is -0.330. The van der Waals surface area contributed by atoms with Crippen molar-refractivity contribution in [1.29, 1.82) is 0 Å². The van der Waals surface area contributed by atoms with Crippen LogP contribution in [0.15, 0.2) is 18.3 Å². The molecule has 0 aliphatic heterocycles. The van der Waals surface area contributed by atoms with Gasteiger partial charge in [0, 0.05) is 23.2 Å². The first-order valence-electron chi connectivity index (χ1n) is 12.3. The molecule has 1 amide bonds. The normalized spacial score (nSPS) is 27.9. The first-order valence-corrected chi connectivity index (χ1v) is 12.3. The quantitative estimate of drug-likeness (QED) is 0.331. The molecule has 39 heavy (non-hydrogen) atoms. The third-order valence-corrected chi connectivity index (χ3v) is 7.54. The van der Waals surface area contributed by atoms with Gasteiger partial charge in [-0.15, -0.1) is 13.2 Å². The van der Waals surface area contributed by atoms with E-state index >= 15 is 4.39 Å². The van der Waals surface area contributed by atoms with E-state index in [2.05, 4.69) is 35.7 Å². The monoisotopic (exact) mass is 559 g/mol. The topological polar surface area (TPSA) is 118 Å². The summed E-state index contributed by atoms with van der Waals surface area (Å²) in [6, 6.07) is 2.68. The molecule has 2 bridgehead atoms. The summed E-state index contributed by atoms with van der Waals surface area (Å²) in [7, 11) is 0. The van der Waals surface area contributed by atoms with Crippen LogP contribution in [0.3, 0.4) is 0 Å². The highest BCUT2D eigenvalue weighted by Crippen LogP contribution is 2.57. The molecule has 0 radical (unpaired) electrons. The second-order valence-corrected chi connectivity index (χ2v) is 10.3. The van der Waals surface area contributed by atoms with E-state index in [9.17, 15) is 26.7 Å². The molecule has 7 rings (SSSR count). The Morgan fingerprint density at radius 1 is 1.23 bits per heavy atom. The summed E-state index contributed by atoms with van der Waals surface area (Å²) < 4.78 is 89.4. The fourth-order valence-corrected chi connectivity index (χ4v) is 5.58. The Balaban J connectivity index is 1.15. The number of alkyl carbamates (subject to hydrolysis) is 1. The predicted molar refractivity (Wildman–Crippen MR) is 121 cm³/mol. The van der Waals surface area contributed by atoms with Crippen LogP contribution in [-0.2, 0) is 16.1 Å². The molecule has 4 aliphatic carbocycles. The minimum Gasteiger partial charge on any atom is -0.443 e. The zero-order valence-corrected chi connectivity index (χ0v) is 20.1. The molecule has 0 saturated heterocycles. The van der Waals surface area contributed by atoms with Gasteiger partial charge in [0.1, 0.15) is 30.1 Å². The van der Waals surface area contributed by atoms with Gasteiger partial charge >= 0.3 is 12.5 Å². The van der Waals surface area contributed by atoms with Crippen molar-refractivity contribution in [3.8, 4) is 0 Å². The lowest BCUT2D eigenvalue weighted by Crippen LogP contribution is -2.68. The number of nitrogens with one attached hydrogen (secondary N) is 3. The molecule has 4 fully saturated rings. The second kappa shape index (κ2) is 9.27. The molecule has 4 aliphatic rings. The van der Waals surface area contributed by atoms with E-state index < -0.39 is 49.4 Å². The van der Waals surface area contributed by atoms with Gasteiger partial charge in [0.25, 0.3) is 6.43 Å². The zero-order valence-electron chi connectivity index (χ0n) is 20.1. The SMILES string of the molecule is O=C(NC12CC(C1)C2)O[C@@H]1CC[C@H](c2cc(Nc3nc(C(F)F)cn4nc(COC(F)(F)F)cc34)n[nH]2)[C@H]1F. The molecule has 4 saturated carbocycles. The van der Waals surface area contributed by atoms with Gasteiger partial charge < -0.3 is 15.4 Å². The summed E-state index contributed by atoms with van der Waals surface area (Å²) in [5.41, 5.74) is -0.537. The maximum atomic E-state index is 15.2. The van der Waals surface area contributed by atoms with Crippen molar-refractivity contribution in [3.05, 3.63) is 35.4 Å². The average Bonchev–Trinajstić information content (AvgIpc) is 3.53. The van der Waals surface area contributed by atoms with E-state index in [0.29, 0.717) is 24.5 Å². The lowest BCUT2D eigenvalue weighted by Gasteiger charge is -2.61. The third-order valence-electron chi connectivity index (χ3n) is 7.54. The lowest BCUT2D eigenvalue weighted by atomic mass is 9.50. The molecule has 0 spiro atoms. The van der Waals surface area contributed by atoms with Crippen molar-refractivity contribution < 1.29 is 40.6 Å². The molecular formula is C23H23F6N7O3. The van der Waals surface area contributed by atoms with E-state index in [1.165, 1.54) is 12.1 Å². The van der Waals surface area contributed by atoms with Gasteiger partial charge in [-0.2, -0.15) is 10.2 Å². The van der Waals surface area contributed by atoms with Gasteiger partial charge in [0.05, 0.1) is 11.9 Å². The van der Waals surface area contributed by atoms with E-state index in [1.807, 2.05) is 0 Å². The number of hydrogen-bond donors (Lipinski definition) is 3. The fourth-order valence-electron chi connectivity index (χ4n) is 5.58. The van der Waals surface area contributed by atoms with Gasteiger partial charge in [0.2, 0.25) is 0 Å². The van der Waals surface area contributed by atoms with E-state index in [1.54, 1.807) is 0 Å². The summed E-state index contributed by atoms with van der Waals surface area (Å²) in [6.45, 7) is -0.927. The van der Waals surface area contributed by atoms with Gasteiger partial charge in [0.15, 0.2) is 11.6 Å². The standard InChI is InChI=1S/C23H23F6N7O3/c24-18-12(1-2-16(18)39-21(37)32-22-5-10(6-22)7-22)13-4-17(34-33-13)31-20-15-3-11(9-38-23(27,28)29)35-36(15)8-14(30-20)19(25)26/h3-4,8,10,12,16,18-19H,1-2,5-7,9H2,(H,32,37)(H2,30,31,33,34)/t10?,12-,16-,18-,22?/m1/s1. The molecule has 3 heterocycles. The summed E-state index contributed by atoms with van der Waals surface area (Å²) >= 11 is 0. The van der Waals surface area contributed by atoms with Gasteiger partial charge in [-0.05, 0) is 44.1 Å². The van der Waals surface area contributed by atoms with Crippen LogP contribution < -0.4 is 10.6 Å². The molecule has 3 aromatic rings. The van der Waals surface area contributed by atoms with E-state index in [4.69, 9.17) is 4.74 Å². The van der Waals surface area contributed by atoms with Crippen LogP contribution in [0.1, 0.15) is 61.5 Å². The molecule has 210 valence electrons. The van der Waals surface area contributed by atoms with Gasteiger partial charge in [-0.25, -0.2) is 27.5 Å². The van der Waals surface area contributed by atoms with Crippen LogP contribution in [0.4, 0.5) is 42.8 Å². The highest BCUT2D eigenvalue weighted by atomic mass is 19.4. The molecule has 10 nitrogen and oxygen atoms in total.